The molecule has 0 atom stereocenters. The number of nitrogens with one attached hydrogen (secondary N) is 1. The lowest BCUT2D eigenvalue weighted by atomic mass is 9.93. The highest BCUT2D eigenvalue weighted by Gasteiger charge is 2.29. The lowest BCUT2D eigenvalue weighted by Crippen LogP contribution is -2.32. The number of hydrogen-bond donors (Lipinski definition) is 1. The maximum atomic E-state index is 13.2. The Bertz CT molecular complexity index is 1370. The molecule has 0 fully saturated rings. The van der Waals surface area contributed by atoms with E-state index in [1.54, 1.807) is 59.5 Å². The zero-order valence-corrected chi connectivity index (χ0v) is 18.1. The van der Waals surface area contributed by atoms with Gasteiger partial charge in [-0.15, -0.1) is 0 Å². The molecule has 0 radical (unpaired) electrons. The first-order valence-corrected chi connectivity index (χ1v) is 11.6. The maximum Gasteiger partial charge on any atom is 0.282 e. The number of ketones is 1. The van der Waals surface area contributed by atoms with Gasteiger partial charge in [0.1, 0.15) is 5.69 Å². The number of sulfonamides is 1. The molecule has 9 heteroatoms. The number of nitrogens with zero attached hydrogens (tertiary/aromatic N) is 2. The standard InChI is InChI=1S/C22H18ClN3O4S/c1-31(29,30)25-22(28)21-20(16-6-2-3-7-19(16)27)17-11-15(23)8-9-18(17)26(21)13-14-5-4-10-24-12-14/h2-6,8-12H,7,13H2,1H3,(H,25,28). The molecule has 0 saturated carbocycles. The molecule has 1 amide bonds. The van der Waals surface area contributed by atoms with Crippen LogP contribution in [0.3, 0.4) is 0 Å². The van der Waals surface area contributed by atoms with Crippen LogP contribution in [-0.2, 0) is 21.4 Å². The molecule has 2 heterocycles. The van der Waals surface area contributed by atoms with E-state index < -0.39 is 15.9 Å². The number of allylic oxidation sites excluding steroid dienone is 4. The first-order chi connectivity index (χ1) is 14.7. The number of carbonyl (C=O) groups excluding carboxylic acids is 2. The number of hydrogen-bond acceptors (Lipinski definition) is 5. The smallest absolute Gasteiger partial charge is 0.282 e. The summed E-state index contributed by atoms with van der Waals surface area (Å²) in [6, 6.07) is 8.73. The Balaban J connectivity index is 2.05. The third-order valence-corrected chi connectivity index (χ3v) is 5.65. The molecule has 1 aliphatic rings. The number of rotatable bonds is 5. The number of benzene rings is 1. The second kappa shape index (κ2) is 8.13. The van der Waals surface area contributed by atoms with E-state index >= 15 is 0 Å². The molecule has 7 nitrogen and oxygen atoms in total. The Morgan fingerprint density at radius 2 is 2.10 bits per heavy atom. The number of aromatic nitrogens is 2. The van der Waals surface area contributed by atoms with Crippen molar-refractivity contribution in [2.24, 2.45) is 0 Å². The fraction of sp³-hybridized carbons (Fsp3) is 0.136. The van der Waals surface area contributed by atoms with E-state index in [0.29, 0.717) is 27.1 Å². The van der Waals surface area contributed by atoms with E-state index in [9.17, 15) is 18.0 Å². The van der Waals surface area contributed by atoms with Gasteiger partial charge in [0.05, 0.1) is 6.26 Å². The molecule has 3 aromatic rings. The van der Waals surface area contributed by atoms with Gasteiger partial charge in [0.25, 0.3) is 5.91 Å². The number of Topliss-reactive ketones (excluding diaryl/α,β-unsaturated/α-hetero) is 1. The van der Waals surface area contributed by atoms with Gasteiger partial charge in [-0.3, -0.25) is 14.6 Å². The van der Waals surface area contributed by atoms with Crippen molar-refractivity contribution in [3.63, 3.8) is 0 Å². The van der Waals surface area contributed by atoms with E-state index in [1.807, 2.05) is 10.8 Å². The lowest BCUT2D eigenvalue weighted by Gasteiger charge is -2.14. The third-order valence-electron chi connectivity index (χ3n) is 4.85. The largest absolute Gasteiger partial charge is 0.331 e. The summed E-state index contributed by atoms with van der Waals surface area (Å²) in [5, 5.41) is 1.02. The minimum absolute atomic E-state index is 0.0708. The van der Waals surface area contributed by atoms with Crippen LogP contribution in [0.15, 0.2) is 61.0 Å². The van der Waals surface area contributed by atoms with Crippen LogP contribution in [0.5, 0.6) is 0 Å². The zero-order valence-electron chi connectivity index (χ0n) is 16.5. The molecule has 0 spiro atoms. The van der Waals surface area contributed by atoms with Crippen LogP contribution >= 0.6 is 11.6 Å². The average molecular weight is 456 g/mol. The summed E-state index contributed by atoms with van der Waals surface area (Å²) in [4.78, 5) is 30.0. The molecule has 4 rings (SSSR count). The maximum absolute atomic E-state index is 13.2. The second-order valence-electron chi connectivity index (χ2n) is 7.17. The number of fused-ring (bicyclic) bond motifs is 1. The van der Waals surface area contributed by atoms with Crippen LogP contribution in [0, 0.1) is 0 Å². The SMILES string of the molecule is CS(=O)(=O)NC(=O)c1c(C2=CC=CCC2=O)c2cc(Cl)ccc2n1Cc1cccnc1. The Labute approximate surface area is 184 Å². The first kappa shape index (κ1) is 21.0. The van der Waals surface area contributed by atoms with Crippen LogP contribution in [-0.4, -0.2) is 35.9 Å². The monoisotopic (exact) mass is 455 g/mol. The lowest BCUT2D eigenvalue weighted by molar-refractivity contribution is -0.113. The highest BCUT2D eigenvalue weighted by atomic mass is 35.5. The summed E-state index contributed by atoms with van der Waals surface area (Å²) in [6.45, 7) is 0.246. The summed E-state index contributed by atoms with van der Waals surface area (Å²) < 4.78 is 27.4. The average Bonchev–Trinajstić information content (AvgIpc) is 3.01. The van der Waals surface area contributed by atoms with Crippen molar-refractivity contribution in [1.82, 2.24) is 14.3 Å². The highest BCUT2D eigenvalue weighted by Crippen LogP contribution is 2.36. The molecule has 1 aliphatic carbocycles. The van der Waals surface area contributed by atoms with Crippen LogP contribution in [0.1, 0.15) is 28.0 Å². The zero-order chi connectivity index (χ0) is 22.2. The van der Waals surface area contributed by atoms with Crippen LogP contribution in [0.2, 0.25) is 5.02 Å². The van der Waals surface area contributed by atoms with E-state index in [1.165, 1.54) is 0 Å². The normalized spacial score (nSPS) is 14.0. The second-order valence-corrected chi connectivity index (χ2v) is 9.36. The number of amides is 1. The Morgan fingerprint density at radius 3 is 2.77 bits per heavy atom. The molecule has 0 saturated heterocycles. The van der Waals surface area contributed by atoms with Gasteiger partial charge in [-0.05, 0) is 29.8 Å². The third kappa shape index (κ3) is 4.30. The van der Waals surface area contributed by atoms with Gasteiger partial charge in [0, 0.05) is 52.4 Å². The first-order valence-electron chi connectivity index (χ1n) is 9.38. The fourth-order valence-corrected chi connectivity index (χ4v) is 4.26. The van der Waals surface area contributed by atoms with Crippen LogP contribution in [0.4, 0.5) is 0 Å². The highest BCUT2D eigenvalue weighted by molar-refractivity contribution is 7.89. The van der Waals surface area contributed by atoms with Gasteiger partial charge in [-0.25, -0.2) is 13.1 Å². The van der Waals surface area contributed by atoms with Crippen molar-refractivity contribution in [3.8, 4) is 0 Å². The van der Waals surface area contributed by atoms with Gasteiger partial charge >= 0.3 is 0 Å². The molecule has 0 aliphatic heterocycles. The summed E-state index contributed by atoms with van der Waals surface area (Å²) in [6.07, 6.45) is 9.49. The quantitative estimate of drug-likeness (QED) is 0.636. The molecule has 2 aromatic heterocycles. The Morgan fingerprint density at radius 1 is 1.29 bits per heavy atom. The molecular weight excluding hydrogens is 438 g/mol. The summed E-state index contributed by atoms with van der Waals surface area (Å²) >= 11 is 6.24. The fourth-order valence-electron chi connectivity index (χ4n) is 3.66. The predicted molar refractivity (Wildman–Crippen MR) is 119 cm³/mol. The number of halogens is 1. The topological polar surface area (TPSA) is 98.1 Å². The molecular formula is C22H18ClN3O4S. The summed E-state index contributed by atoms with van der Waals surface area (Å²) in [5.41, 5.74) is 2.21. The van der Waals surface area contributed by atoms with Gasteiger partial charge in [-0.1, -0.05) is 35.9 Å². The molecule has 1 aromatic carbocycles. The van der Waals surface area contributed by atoms with Crippen molar-refractivity contribution in [3.05, 3.63) is 82.8 Å². The van der Waals surface area contributed by atoms with E-state index in [4.69, 9.17) is 11.6 Å². The Hall–Kier alpha value is -3.23. The molecule has 158 valence electrons. The van der Waals surface area contributed by atoms with E-state index in [2.05, 4.69) is 4.98 Å². The van der Waals surface area contributed by atoms with Crippen molar-refractivity contribution in [2.75, 3.05) is 6.26 Å². The van der Waals surface area contributed by atoms with Gasteiger partial charge in [0.2, 0.25) is 10.0 Å². The van der Waals surface area contributed by atoms with Crippen molar-refractivity contribution < 1.29 is 18.0 Å². The van der Waals surface area contributed by atoms with Crippen LogP contribution in [0.25, 0.3) is 16.5 Å². The van der Waals surface area contributed by atoms with Gasteiger partial charge < -0.3 is 4.57 Å². The van der Waals surface area contributed by atoms with Gasteiger partial charge in [-0.2, -0.15) is 0 Å². The molecule has 0 unspecified atom stereocenters. The molecule has 31 heavy (non-hydrogen) atoms. The number of pyridine rings is 1. The minimum Gasteiger partial charge on any atom is -0.331 e. The van der Waals surface area contributed by atoms with Crippen molar-refractivity contribution in [2.45, 2.75) is 13.0 Å². The van der Waals surface area contributed by atoms with Gasteiger partial charge in [0.15, 0.2) is 5.78 Å². The predicted octanol–water partition coefficient (Wildman–Crippen LogP) is 3.34. The molecule has 0 bridgehead atoms. The van der Waals surface area contributed by atoms with E-state index in [-0.39, 0.29) is 24.4 Å². The van der Waals surface area contributed by atoms with E-state index in [0.717, 1.165) is 11.8 Å². The number of carbonyl (C=O) groups is 2. The van der Waals surface area contributed by atoms with Crippen molar-refractivity contribution in [1.29, 1.82) is 0 Å². The summed E-state index contributed by atoms with van der Waals surface area (Å²) in [5.74, 6) is -0.992. The molecule has 1 N–H and O–H groups in total. The Kier molecular flexibility index (Phi) is 5.51. The summed E-state index contributed by atoms with van der Waals surface area (Å²) in [7, 11) is -3.84. The van der Waals surface area contributed by atoms with Crippen molar-refractivity contribution >= 4 is 49.8 Å². The minimum atomic E-state index is -3.84. The van der Waals surface area contributed by atoms with Crippen LogP contribution < -0.4 is 4.72 Å².